The summed E-state index contributed by atoms with van der Waals surface area (Å²) < 4.78 is 4.70. The highest BCUT2D eigenvalue weighted by atomic mass is 16.5. The number of piperidine rings is 1. The van der Waals surface area contributed by atoms with Gasteiger partial charge in [-0.1, -0.05) is 0 Å². The predicted molar refractivity (Wildman–Crippen MR) is 64.6 cm³/mol. The molecule has 1 fully saturated rings. The Morgan fingerprint density at radius 3 is 2.61 bits per heavy atom. The van der Waals surface area contributed by atoms with E-state index in [4.69, 9.17) is 4.74 Å². The van der Waals surface area contributed by atoms with Crippen LogP contribution < -0.4 is 5.32 Å². The van der Waals surface area contributed by atoms with Crippen LogP contribution >= 0.6 is 0 Å². The number of carbonyl (C=O) groups excluding carboxylic acids is 3. The van der Waals surface area contributed by atoms with Crippen LogP contribution in [0, 0.1) is 5.92 Å². The summed E-state index contributed by atoms with van der Waals surface area (Å²) >= 11 is 0. The van der Waals surface area contributed by atoms with Crippen molar-refractivity contribution in [1.82, 2.24) is 10.2 Å². The summed E-state index contributed by atoms with van der Waals surface area (Å²) in [5.74, 6) is -0.923. The van der Waals surface area contributed by atoms with Crippen molar-refractivity contribution in [2.45, 2.75) is 32.7 Å². The van der Waals surface area contributed by atoms with Crippen LogP contribution in [0.5, 0.6) is 0 Å². The average molecular weight is 256 g/mol. The number of carbonyl (C=O) groups is 3. The van der Waals surface area contributed by atoms with E-state index in [0.29, 0.717) is 13.1 Å². The third-order valence-electron chi connectivity index (χ3n) is 3.06. The lowest BCUT2D eigenvalue weighted by Gasteiger charge is -2.33. The fourth-order valence-corrected chi connectivity index (χ4v) is 2.18. The maximum Gasteiger partial charge on any atom is 0.310 e. The minimum atomic E-state index is -0.557. The van der Waals surface area contributed by atoms with Gasteiger partial charge in [0.15, 0.2) is 0 Å². The molecule has 1 N–H and O–H groups in total. The molecule has 1 heterocycles. The van der Waals surface area contributed by atoms with E-state index < -0.39 is 6.04 Å². The molecule has 2 atom stereocenters. The standard InChI is InChI=1S/C12H20N2O4/c1-8(13-9(2)15)11(16)14-6-4-5-10(7-14)12(17)18-3/h8,10H,4-7H2,1-3H3,(H,13,15). The van der Waals surface area contributed by atoms with Crippen LogP contribution in [0.25, 0.3) is 0 Å². The number of ether oxygens (including phenoxy) is 1. The molecule has 1 aliphatic rings. The summed E-state index contributed by atoms with van der Waals surface area (Å²) in [5, 5.41) is 2.55. The smallest absolute Gasteiger partial charge is 0.310 e. The fraction of sp³-hybridized carbons (Fsp3) is 0.750. The number of nitrogens with one attached hydrogen (secondary N) is 1. The molecule has 1 saturated heterocycles. The van der Waals surface area contributed by atoms with Crippen molar-refractivity contribution < 1.29 is 19.1 Å². The van der Waals surface area contributed by atoms with Gasteiger partial charge in [-0.25, -0.2) is 0 Å². The second kappa shape index (κ2) is 6.37. The van der Waals surface area contributed by atoms with E-state index in [1.165, 1.54) is 14.0 Å². The fourth-order valence-electron chi connectivity index (χ4n) is 2.18. The monoisotopic (exact) mass is 256 g/mol. The molecule has 102 valence electrons. The molecule has 6 heteroatoms. The summed E-state index contributed by atoms with van der Waals surface area (Å²) in [5.41, 5.74) is 0. The molecule has 18 heavy (non-hydrogen) atoms. The maximum absolute atomic E-state index is 12.0. The third-order valence-corrected chi connectivity index (χ3v) is 3.06. The van der Waals surface area contributed by atoms with E-state index in [-0.39, 0.29) is 23.7 Å². The highest BCUT2D eigenvalue weighted by molar-refractivity contribution is 5.87. The van der Waals surface area contributed by atoms with Crippen molar-refractivity contribution in [1.29, 1.82) is 0 Å². The molecule has 0 aromatic rings. The van der Waals surface area contributed by atoms with Gasteiger partial charge in [0.25, 0.3) is 0 Å². The number of likely N-dealkylation sites (tertiary alicyclic amines) is 1. The molecule has 0 bridgehead atoms. The molecule has 2 amide bonds. The third kappa shape index (κ3) is 3.72. The minimum absolute atomic E-state index is 0.154. The first-order chi connectivity index (χ1) is 8.45. The van der Waals surface area contributed by atoms with Gasteiger partial charge in [-0.15, -0.1) is 0 Å². The second-order valence-electron chi connectivity index (χ2n) is 4.57. The molecule has 1 aliphatic heterocycles. The van der Waals surface area contributed by atoms with E-state index in [1.54, 1.807) is 11.8 Å². The summed E-state index contributed by atoms with van der Waals surface area (Å²) in [6.07, 6.45) is 1.52. The number of hydrogen-bond acceptors (Lipinski definition) is 4. The van der Waals surface area contributed by atoms with Crippen LogP contribution in [0.4, 0.5) is 0 Å². The van der Waals surface area contributed by atoms with Crippen LogP contribution in [0.1, 0.15) is 26.7 Å². The first-order valence-electron chi connectivity index (χ1n) is 6.09. The van der Waals surface area contributed by atoms with Crippen molar-refractivity contribution in [3.8, 4) is 0 Å². The van der Waals surface area contributed by atoms with Gasteiger partial charge < -0.3 is 15.0 Å². The SMILES string of the molecule is COC(=O)C1CCCN(C(=O)C(C)NC(C)=O)C1. The molecule has 0 aromatic heterocycles. The minimum Gasteiger partial charge on any atom is -0.469 e. The number of methoxy groups -OCH3 is 1. The molecule has 0 radical (unpaired) electrons. The normalized spacial score (nSPS) is 21.1. The predicted octanol–water partition coefficient (Wildman–Crippen LogP) is -0.0774. The zero-order chi connectivity index (χ0) is 13.7. The van der Waals surface area contributed by atoms with Gasteiger partial charge in [0.2, 0.25) is 11.8 Å². The molecule has 0 spiro atoms. The van der Waals surface area contributed by atoms with Gasteiger partial charge in [0, 0.05) is 20.0 Å². The summed E-state index contributed by atoms with van der Waals surface area (Å²) in [4.78, 5) is 36.0. The van der Waals surface area contributed by atoms with Gasteiger partial charge in [-0.05, 0) is 19.8 Å². The summed E-state index contributed by atoms with van der Waals surface area (Å²) in [6, 6.07) is -0.557. The van der Waals surface area contributed by atoms with E-state index in [2.05, 4.69) is 5.32 Å². The molecule has 0 saturated carbocycles. The lowest BCUT2D eigenvalue weighted by molar-refractivity contribution is -0.149. The topological polar surface area (TPSA) is 75.7 Å². The quantitative estimate of drug-likeness (QED) is 0.717. The largest absolute Gasteiger partial charge is 0.469 e. The van der Waals surface area contributed by atoms with Crippen molar-refractivity contribution >= 4 is 17.8 Å². The number of hydrogen-bond donors (Lipinski definition) is 1. The van der Waals surface area contributed by atoms with E-state index in [9.17, 15) is 14.4 Å². The second-order valence-corrected chi connectivity index (χ2v) is 4.57. The highest BCUT2D eigenvalue weighted by Crippen LogP contribution is 2.18. The van der Waals surface area contributed by atoms with Gasteiger partial charge in [0.1, 0.15) is 6.04 Å². The Labute approximate surface area is 107 Å². The Kier molecular flexibility index (Phi) is 5.12. The van der Waals surface area contributed by atoms with E-state index in [0.717, 1.165) is 12.8 Å². The van der Waals surface area contributed by atoms with E-state index in [1.807, 2.05) is 0 Å². The molecule has 1 rings (SSSR count). The highest BCUT2D eigenvalue weighted by Gasteiger charge is 2.30. The van der Waals surface area contributed by atoms with Crippen molar-refractivity contribution in [2.24, 2.45) is 5.92 Å². The molecule has 6 nitrogen and oxygen atoms in total. The zero-order valence-electron chi connectivity index (χ0n) is 11.1. The van der Waals surface area contributed by atoms with Crippen LogP contribution in [0.3, 0.4) is 0 Å². The number of esters is 1. The number of amides is 2. The Morgan fingerprint density at radius 1 is 1.39 bits per heavy atom. The molecule has 0 aromatic carbocycles. The van der Waals surface area contributed by atoms with Crippen molar-refractivity contribution in [3.05, 3.63) is 0 Å². The molecule has 2 unspecified atom stereocenters. The molecule has 0 aliphatic carbocycles. The Balaban J connectivity index is 2.58. The zero-order valence-corrected chi connectivity index (χ0v) is 11.1. The Morgan fingerprint density at radius 2 is 2.06 bits per heavy atom. The van der Waals surface area contributed by atoms with Crippen LogP contribution in [0.2, 0.25) is 0 Å². The lowest BCUT2D eigenvalue weighted by Crippen LogP contribution is -2.50. The first kappa shape index (κ1) is 14.5. The van der Waals surface area contributed by atoms with E-state index >= 15 is 0 Å². The van der Waals surface area contributed by atoms with Crippen molar-refractivity contribution in [3.63, 3.8) is 0 Å². The van der Waals surface area contributed by atoms with Crippen molar-refractivity contribution in [2.75, 3.05) is 20.2 Å². The van der Waals surface area contributed by atoms with Gasteiger partial charge in [-0.2, -0.15) is 0 Å². The Hall–Kier alpha value is -1.59. The Bertz CT molecular complexity index is 343. The summed E-state index contributed by atoms with van der Waals surface area (Å²) in [6.45, 7) is 4.01. The van der Waals surface area contributed by atoms with Crippen LogP contribution in [-0.4, -0.2) is 48.9 Å². The van der Waals surface area contributed by atoms with Gasteiger partial charge >= 0.3 is 5.97 Å². The van der Waals surface area contributed by atoms with Gasteiger partial charge in [0.05, 0.1) is 13.0 Å². The molecular formula is C12H20N2O4. The number of rotatable bonds is 3. The first-order valence-corrected chi connectivity index (χ1v) is 6.09. The van der Waals surface area contributed by atoms with Gasteiger partial charge in [-0.3, -0.25) is 14.4 Å². The van der Waals surface area contributed by atoms with Crippen LogP contribution in [-0.2, 0) is 19.1 Å². The lowest BCUT2D eigenvalue weighted by atomic mass is 9.97. The van der Waals surface area contributed by atoms with Crippen LogP contribution in [0.15, 0.2) is 0 Å². The number of nitrogens with zero attached hydrogens (tertiary/aromatic N) is 1. The average Bonchev–Trinajstić information content (AvgIpc) is 2.36. The maximum atomic E-state index is 12.0. The molecular weight excluding hydrogens is 236 g/mol. The summed E-state index contributed by atoms with van der Waals surface area (Å²) in [7, 11) is 1.35.